The van der Waals surface area contributed by atoms with Gasteiger partial charge in [-0.05, 0) is 43.1 Å². The second kappa shape index (κ2) is 10.7. The van der Waals surface area contributed by atoms with E-state index in [0.717, 1.165) is 29.4 Å². The van der Waals surface area contributed by atoms with Gasteiger partial charge in [0.1, 0.15) is 5.00 Å². The summed E-state index contributed by atoms with van der Waals surface area (Å²) in [5, 5.41) is 20.9. The minimum absolute atomic E-state index is 0.0432. The number of nitrogens with two attached hydrogens (primary N) is 1. The van der Waals surface area contributed by atoms with Crippen molar-refractivity contribution >= 4 is 40.1 Å². The standard InChI is InChI=1S/C23H22F6N8O3S/c1-11-9-15(41-35-11)31-18-16(17(30)38)33-34-20(32-18)36(2)14-7-8-37(10-14)19(39)12-3-5-13(6-4-12)21(40,22(24,25)26)23(27,28)29/h3-6,9,14,40H,7-8,10H2,1-2H3,(H2,30,38)(H,31,32,34)/t14-/m1/s1. The minimum Gasteiger partial charge on any atom is -0.369 e. The maximum absolute atomic E-state index is 13.2. The molecule has 1 aromatic carbocycles. The Labute approximate surface area is 232 Å². The van der Waals surface area contributed by atoms with Gasteiger partial charge >= 0.3 is 12.4 Å². The van der Waals surface area contributed by atoms with Crippen molar-refractivity contribution in [1.82, 2.24) is 24.5 Å². The molecule has 18 heteroatoms. The molecular formula is C23H22F6N8O3S. The summed E-state index contributed by atoms with van der Waals surface area (Å²) in [5.41, 5.74) is -0.803. The molecule has 4 rings (SSSR count). The summed E-state index contributed by atoms with van der Waals surface area (Å²) in [4.78, 5) is 32.1. The molecule has 0 bridgehead atoms. The molecule has 3 heterocycles. The molecule has 41 heavy (non-hydrogen) atoms. The van der Waals surface area contributed by atoms with Crippen LogP contribution < -0.4 is 16.0 Å². The fourth-order valence-electron chi connectivity index (χ4n) is 4.19. The average molecular weight is 605 g/mol. The summed E-state index contributed by atoms with van der Waals surface area (Å²) in [6, 6.07) is 3.82. The van der Waals surface area contributed by atoms with Gasteiger partial charge in [-0.1, -0.05) is 12.1 Å². The molecule has 1 fully saturated rings. The Balaban J connectivity index is 1.49. The lowest BCUT2D eigenvalue weighted by Gasteiger charge is -2.32. The van der Waals surface area contributed by atoms with Crippen LogP contribution in [0, 0.1) is 6.92 Å². The Hall–Kier alpha value is -4.06. The predicted octanol–water partition coefficient (Wildman–Crippen LogP) is 3.14. The molecule has 2 amide bonds. The molecule has 0 radical (unpaired) electrons. The normalized spacial score (nSPS) is 16.1. The fourth-order valence-corrected chi connectivity index (χ4v) is 4.85. The highest BCUT2D eigenvalue weighted by atomic mass is 32.1. The molecule has 4 N–H and O–H groups in total. The van der Waals surface area contributed by atoms with Crippen LogP contribution in [0.15, 0.2) is 30.3 Å². The van der Waals surface area contributed by atoms with E-state index in [0.29, 0.717) is 23.6 Å². The molecule has 2 aromatic heterocycles. The summed E-state index contributed by atoms with van der Waals surface area (Å²) >= 11 is 1.13. The second-order valence-corrected chi connectivity index (χ2v) is 10.0. The topological polar surface area (TPSA) is 150 Å². The van der Waals surface area contributed by atoms with Crippen molar-refractivity contribution in [2.24, 2.45) is 5.73 Å². The van der Waals surface area contributed by atoms with Gasteiger partial charge in [-0.2, -0.15) is 35.7 Å². The zero-order valence-corrected chi connectivity index (χ0v) is 22.1. The molecule has 220 valence electrons. The maximum Gasteiger partial charge on any atom is 0.430 e. The van der Waals surface area contributed by atoms with Crippen LogP contribution in [-0.2, 0) is 5.60 Å². The van der Waals surface area contributed by atoms with Gasteiger partial charge in [0, 0.05) is 31.3 Å². The van der Waals surface area contributed by atoms with E-state index in [1.807, 2.05) is 0 Å². The largest absolute Gasteiger partial charge is 0.430 e. The molecule has 0 aliphatic carbocycles. The van der Waals surface area contributed by atoms with Gasteiger partial charge < -0.3 is 26.0 Å². The minimum atomic E-state index is -6.04. The number of aromatic nitrogens is 4. The predicted molar refractivity (Wildman–Crippen MR) is 134 cm³/mol. The first-order chi connectivity index (χ1) is 19.0. The maximum atomic E-state index is 13.2. The Kier molecular flexibility index (Phi) is 7.83. The number of aliphatic hydroxyl groups is 1. The van der Waals surface area contributed by atoms with Gasteiger partial charge in [0.25, 0.3) is 17.4 Å². The number of primary amides is 1. The number of amides is 2. The van der Waals surface area contributed by atoms with Crippen LogP contribution in [0.1, 0.15) is 38.5 Å². The molecule has 1 saturated heterocycles. The first-order valence-corrected chi connectivity index (χ1v) is 12.5. The van der Waals surface area contributed by atoms with Gasteiger partial charge in [-0.25, -0.2) is 0 Å². The molecule has 1 atom stereocenters. The number of alkyl halides is 6. The summed E-state index contributed by atoms with van der Waals surface area (Å²) in [6.45, 7) is 2.10. The number of aryl methyl sites for hydroxylation is 1. The number of hydrogen-bond acceptors (Lipinski definition) is 10. The third kappa shape index (κ3) is 5.74. The third-order valence-electron chi connectivity index (χ3n) is 6.46. The summed E-state index contributed by atoms with van der Waals surface area (Å²) in [5.74, 6) is -1.36. The lowest BCUT2D eigenvalue weighted by Crippen LogP contribution is -2.53. The van der Waals surface area contributed by atoms with Crippen molar-refractivity contribution in [1.29, 1.82) is 0 Å². The van der Waals surface area contributed by atoms with Crippen LogP contribution in [0.3, 0.4) is 0 Å². The molecule has 1 aliphatic rings. The van der Waals surface area contributed by atoms with E-state index < -0.39 is 35.3 Å². The zero-order chi connectivity index (χ0) is 30.3. The number of nitrogens with zero attached hydrogens (tertiary/aromatic N) is 6. The first-order valence-electron chi connectivity index (χ1n) is 11.8. The van der Waals surface area contributed by atoms with Crippen molar-refractivity contribution in [3.8, 4) is 0 Å². The van der Waals surface area contributed by atoms with Crippen LogP contribution in [0.4, 0.5) is 43.1 Å². The monoisotopic (exact) mass is 604 g/mol. The number of nitrogens with one attached hydrogen (secondary N) is 1. The van der Waals surface area contributed by atoms with E-state index in [9.17, 15) is 41.0 Å². The van der Waals surface area contributed by atoms with Crippen molar-refractivity contribution in [2.45, 2.75) is 37.3 Å². The molecule has 1 aliphatic heterocycles. The van der Waals surface area contributed by atoms with E-state index in [4.69, 9.17) is 5.73 Å². The van der Waals surface area contributed by atoms with Gasteiger partial charge in [0.15, 0.2) is 11.5 Å². The molecular weight excluding hydrogens is 582 g/mol. The average Bonchev–Trinajstić information content (AvgIpc) is 3.55. The Morgan fingerprint density at radius 2 is 1.76 bits per heavy atom. The quantitative estimate of drug-likeness (QED) is 0.346. The van der Waals surface area contributed by atoms with E-state index in [-0.39, 0.29) is 42.2 Å². The van der Waals surface area contributed by atoms with Crippen LogP contribution in [0.2, 0.25) is 0 Å². The number of benzene rings is 1. The van der Waals surface area contributed by atoms with Crippen molar-refractivity contribution in [3.05, 3.63) is 52.8 Å². The van der Waals surface area contributed by atoms with Crippen molar-refractivity contribution < 1.29 is 41.0 Å². The van der Waals surface area contributed by atoms with E-state index in [1.54, 1.807) is 24.9 Å². The lowest BCUT2D eigenvalue weighted by molar-refractivity contribution is -0.376. The Morgan fingerprint density at radius 3 is 2.29 bits per heavy atom. The first kappa shape index (κ1) is 29.9. The van der Waals surface area contributed by atoms with Crippen LogP contribution in [0.5, 0.6) is 0 Å². The highest BCUT2D eigenvalue weighted by Gasteiger charge is 2.71. The number of likely N-dealkylation sites (N-methyl/N-ethyl adjacent to an activating group) is 1. The number of rotatable bonds is 7. The summed E-state index contributed by atoms with van der Waals surface area (Å²) < 4.78 is 83.0. The molecule has 11 nitrogen and oxygen atoms in total. The molecule has 0 spiro atoms. The van der Waals surface area contributed by atoms with Gasteiger partial charge in [-0.15, -0.1) is 10.2 Å². The Morgan fingerprint density at radius 1 is 1.12 bits per heavy atom. The number of anilines is 3. The Bertz CT molecular complexity index is 1430. The van der Waals surface area contributed by atoms with Crippen LogP contribution >= 0.6 is 11.5 Å². The smallest absolute Gasteiger partial charge is 0.369 e. The van der Waals surface area contributed by atoms with Gasteiger partial charge in [0.2, 0.25) is 5.95 Å². The number of halogens is 6. The third-order valence-corrected chi connectivity index (χ3v) is 7.26. The second-order valence-electron chi connectivity index (χ2n) is 9.22. The van der Waals surface area contributed by atoms with Crippen LogP contribution in [0.25, 0.3) is 0 Å². The molecule has 0 unspecified atom stereocenters. The zero-order valence-electron chi connectivity index (χ0n) is 21.3. The highest BCUT2D eigenvalue weighted by Crippen LogP contribution is 2.50. The number of hydrogen-bond donors (Lipinski definition) is 3. The van der Waals surface area contributed by atoms with E-state index in [2.05, 4.69) is 24.9 Å². The number of carbonyl (C=O) groups is 2. The summed E-state index contributed by atoms with van der Waals surface area (Å²) in [6.07, 6.45) is -11.7. The highest BCUT2D eigenvalue weighted by molar-refractivity contribution is 7.10. The van der Waals surface area contributed by atoms with Crippen LogP contribution in [-0.4, -0.2) is 79.9 Å². The van der Waals surface area contributed by atoms with E-state index in [1.165, 1.54) is 4.90 Å². The molecule has 0 saturated carbocycles. The van der Waals surface area contributed by atoms with Crippen molar-refractivity contribution in [2.75, 3.05) is 30.4 Å². The van der Waals surface area contributed by atoms with Gasteiger partial charge in [-0.3, -0.25) is 9.59 Å². The number of carbonyl (C=O) groups excluding carboxylic acids is 2. The molecule has 3 aromatic rings. The fraction of sp³-hybridized carbons (Fsp3) is 0.391. The summed E-state index contributed by atoms with van der Waals surface area (Å²) in [7, 11) is 1.63. The SMILES string of the molecule is Cc1cc(Nc2nc(N(C)[C@@H]3CCN(C(=O)c4ccc(C(O)(C(F)(F)F)C(F)(F)F)cc4)C3)nnc2C(N)=O)sn1. The van der Waals surface area contributed by atoms with Gasteiger partial charge in [0.05, 0.1) is 11.7 Å². The van der Waals surface area contributed by atoms with E-state index >= 15 is 0 Å². The number of likely N-dealkylation sites (tertiary alicyclic amines) is 1. The lowest BCUT2D eigenvalue weighted by atomic mass is 9.91. The van der Waals surface area contributed by atoms with Crippen molar-refractivity contribution in [3.63, 3.8) is 0 Å².